The van der Waals surface area contributed by atoms with Crippen molar-refractivity contribution in [2.45, 2.75) is 13.0 Å². The lowest BCUT2D eigenvalue weighted by atomic mass is 9.91. The first-order chi connectivity index (χ1) is 13.6. The zero-order chi connectivity index (χ0) is 20.1. The molecule has 3 rings (SSSR count). The van der Waals surface area contributed by atoms with Crippen LogP contribution >= 0.6 is 0 Å². The van der Waals surface area contributed by atoms with Gasteiger partial charge in [-0.15, -0.1) is 0 Å². The zero-order valence-electron chi connectivity index (χ0n) is 16.3. The Kier molecular flexibility index (Phi) is 6.35. The fourth-order valence-electron chi connectivity index (χ4n) is 3.28. The number of hydrogen-bond donors (Lipinski definition) is 1. The van der Waals surface area contributed by atoms with Crippen molar-refractivity contribution in [1.29, 1.82) is 0 Å². The Morgan fingerprint density at radius 1 is 1.25 bits per heavy atom. The lowest BCUT2D eigenvalue weighted by Gasteiger charge is -2.35. The summed E-state index contributed by atoms with van der Waals surface area (Å²) in [5.41, 5.74) is 0.663. The summed E-state index contributed by atoms with van der Waals surface area (Å²) >= 11 is 0. The molecule has 0 aromatic heterocycles. The van der Waals surface area contributed by atoms with E-state index in [1.165, 1.54) is 7.11 Å². The number of carbonyl (C=O) groups excluding carboxylic acids is 2. The number of amides is 1. The maximum atomic E-state index is 12.8. The van der Waals surface area contributed by atoms with Gasteiger partial charge < -0.3 is 23.8 Å². The summed E-state index contributed by atoms with van der Waals surface area (Å²) in [5, 5.41) is 2.75. The number of hydrogen-bond acceptors (Lipinski definition) is 8. The lowest BCUT2D eigenvalue weighted by molar-refractivity contribution is -0.153. The van der Waals surface area contributed by atoms with E-state index < -0.39 is 23.8 Å². The minimum Gasteiger partial charge on any atom is -0.493 e. The molecule has 152 valence electrons. The molecule has 1 amide bonds. The largest absolute Gasteiger partial charge is 0.493 e. The van der Waals surface area contributed by atoms with E-state index in [9.17, 15) is 9.59 Å². The number of guanidine groups is 1. The van der Waals surface area contributed by atoms with Gasteiger partial charge in [0, 0.05) is 13.1 Å². The van der Waals surface area contributed by atoms with Gasteiger partial charge in [0.15, 0.2) is 17.4 Å². The number of ether oxygens (including phenoxy) is 4. The van der Waals surface area contributed by atoms with Crippen LogP contribution in [0.1, 0.15) is 18.5 Å². The van der Waals surface area contributed by atoms with Crippen LogP contribution in [0.2, 0.25) is 0 Å². The van der Waals surface area contributed by atoms with Crippen molar-refractivity contribution in [2.75, 3.05) is 47.1 Å². The minimum absolute atomic E-state index is 0.182. The molecule has 9 nitrogen and oxygen atoms in total. The Bertz CT molecular complexity index is 760. The van der Waals surface area contributed by atoms with Crippen LogP contribution in [0.3, 0.4) is 0 Å². The van der Waals surface area contributed by atoms with E-state index in [1.54, 1.807) is 32.2 Å². The van der Waals surface area contributed by atoms with Gasteiger partial charge in [0.1, 0.15) is 6.04 Å². The Hall–Kier alpha value is -2.81. The molecule has 28 heavy (non-hydrogen) atoms. The quantitative estimate of drug-likeness (QED) is 0.584. The third-order valence-corrected chi connectivity index (χ3v) is 4.69. The standard InChI is InChI=1S/C19H25N3O6/c1-4-28-18(24)15-16(12-5-6-13(25-2)14(11-12)26-3)20-19(21-17(15)23)22-7-9-27-10-8-22/h5-6,11,15-16H,4,7-10H2,1-3H3,(H,20,21,23)/t15-,16-/m1/s1. The van der Waals surface area contributed by atoms with Crippen LogP contribution in [0.25, 0.3) is 0 Å². The highest BCUT2D eigenvalue weighted by atomic mass is 16.5. The molecule has 1 aromatic rings. The summed E-state index contributed by atoms with van der Waals surface area (Å²) in [6.07, 6.45) is 0. The summed E-state index contributed by atoms with van der Waals surface area (Å²) in [7, 11) is 3.07. The van der Waals surface area contributed by atoms with E-state index in [0.29, 0.717) is 49.3 Å². The number of rotatable bonds is 5. The summed E-state index contributed by atoms with van der Waals surface area (Å²) in [4.78, 5) is 32.0. The van der Waals surface area contributed by atoms with E-state index in [4.69, 9.17) is 23.9 Å². The first-order valence-corrected chi connectivity index (χ1v) is 9.19. The van der Waals surface area contributed by atoms with Gasteiger partial charge in [-0.3, -0.25) is 14.9 Å². The summed E-state index contributed by atoms with van der Waals surface area (Å²) in [5.74, 6) is -0.635. The predicted molar refractivity (Wildman–Crippen MR) is 100 cm³/mol. The molecule has 0 bridgehead atoms. The second-order valence-electron chi connectivity index (χ2n) is 6.33. The van der Waals surface area contributed by atoms with E-state index in [1.807, 2.05) is 4.90 Å². The van der Waals surface area contributed by atoms with Gasteiger partial charge >= 0.3 is 5.97 Å². The van der Waals surface area contributed by atoms with Crippen molar-refractivity contribution in [2.24, 2.45) is 10.9 Å². The summed E-state index contributed by atoms with van der Waals surface area (Å²) < 4.78 is 21.1. The molecule has 0 radical (unpaired) electrons. The van der Waals surface area contributed by atoms with Gasteiger partial charge in [0.2, 0.25) is 11.9 Å². The van der Waals surface area contributed by atoms with E-state index in [-0.39, 0.29) is 6.61 Å². The molecule has 2 aliphatic heterocycles. The molecule has 0 spiro atoms. The highest BCUT2D eigenvalue weighted by molar-refractivity contribution is 6.08. The molecule has 1 fully saturated rings. The molecule has 0 saturated carbocycles. The monoisotopic (exact) mass is 391 g/mol. The Balaban J connectivity index is 2.01. The average Bonchev–Trinajstić information content (AvgIpc) is 2.73. The van der Waals surface area contributed by atoms with Crippen molar-refractivity contribution in [3.8, 4) is 11.5 Å². The van der Waals surface area contributed by atoms with Crippen LogP contribution in [0.15, 0.2) is 23.2 Å². The van der Waals surface area contributed by atoms with Crippen LogP contribution in [0.5, 0.6) is 11.5 Å². The van der Waals surface area contributed by atoms with E-state index in [2.05, 4.69) is 5.32 Å². The Labute approximate surface area is 163 Å². The van der Waals surface area contributed by atoms with Crippen LogP contribution in [0.4, 0.5) is 0 Å². The molecule has 2 atom stereocenters. The fraction of sp³-hybridized carbons (Fsp3) is 0.526. The Morgan fingerprint density at radius 2 is 1.96 bits per heavy atom. The number of methoxy groups -OCH3 is 2. The highest BCUT2D eigenvalue weighted by Gasteiger charge is 2.42. The van der Waals surface area contributed by atoms with Gasteiger partial charge in [0.25, 0.3) is 0 Å². The molecule has 2 aliphatic rings. The van der Waals surface area contributed by atoms with Crippen molar-refractivity contribution >= 4 is 17.8 Å². The van der Waals surface area contributed by atoms with E-state index >= 15 is 0 Å². The molecular weight excluding hydrogens is 366 g/mol. The normalized spacial score (nSPS) is 22.2. The third kappa shape index (κ3) is 4.04. The Morgan fingerprint density at radius 3 is 2.61 bits per heavy atom. The highest BCUT2D eigenvalue weighted by Crippen LogP contribution is 2.36. The summed E-state index contributed by atoms with van der Waals surface area (Å²) in [6, 6.07) is 4.50. The van der Waals surface area contributed by atoms with Crippen LogP contribution in [-0.2, 0) is 19.1 Å². The van der Waals surface area contributed by atoms with Gasteiger partial charge in [-0.25, -0.2) is 4.99 Å². The molecule has 1 saturated heterocycles. The summed E-state index contributed by atoms with van der Waals surface area (Å²) in [6.45, 7) is 4.21. The number of nitrogens with one attached hydrogen (secondary N) is 1. The smallest absolute Gasteiger partial charge is 0.321 e. The molecular formula is C19H25N3O6. The number of aliphatic imine (C=N–C) groups is 1. The van der Waals surface area contributed by atoms with E-state index in [0.717, 1.165) is 0 Å². The van der Waals surface area contributed by atoms with Crippen molar-refractivity contribution in [3.63, 3.8) is 0 Å². The predicted octanol–water partition coefficient (Wildman–Crippen LogP) is 0.742. The van der Waals surface area contributed by atoms with Crippen molar-refractivity contribution in [3.05, 3.63) is 23.8 Å². The van der Waals surface area contributed by atoms with Crippen molar-refractivity contribution in [1.82, 2.24) is 10.2 Å². The van der Waals surface area contributed by atoms with Crippen LogP contribution < -0.4 is 14.8 Å². The topological polar surface area (TPSA) is 98.7 Å². The number of benzene rings is 1. The lowest BCUT2D eigenvalue weighted by Crippen LogP contribution is -2.55. The molecule has 0 aliphatic carbocycles. The van der Waals surface area contributed by atoms with Gasteiger partial charge in [-0.2, -0.15) is 0 Å². The fourth-order valence-corrected chi connectivity index (χ4v) is 3.28. The number of esters is 1. The number of nitrogens with zero attached hydrogens (tertiary/aromatic N) is 2. The minimum atomic E-state index is -1.08. The first-order valence-electron chi connectivity index (χ1n) is 9.19. The molecule has 2 heterocycles. The first kappa shape index (κ1) is 19.9. The second-order valence-corrected chi connectivity index (χ2v) is 6.33. The SMILES string of the molecule is CCOC(=O)[C@H]1C(=O)NC(N2CCOCC2)=N[C@@H]1c1ccc(OC)c(OC)c1. The molecule has 1 aromatic carbocycles. The second kappa shape index (κ2) is 8.92. The average molecular weight is 391 g/mol. The molecule has 1 N–H and O–H groups in total. The number of morpholine rings is 1. The number of carbonyl (C=O) groups is 2. The maximum absolute atomic E-state index is 12.8. The maximum Gasteiger partial charge on any atom is 0.321 e. The van der Waals surface area contributed by atoms with Crippen molar-refractivity contribution < 1.29 is 28.5 Å². The molecule has 0 unspecified atom stereocenters. The molecule has 9 heteroatoms. The van der Waals surface area contributed by atoms with Crippen LogP contribution in [0, 0.1) is 5.92 Å². The zero-order valence-corrected chi connectivity index (χ0v) is 16.3. The van der Waals surface area contributed by atoms with Gasteiger partial charge in [-0.1, -0.05) is 6.07 Å². The van der Waals surface area contributed by atoms with Gasteiger partial charge in [0.05, 0.1) is 34.0 Å². The third-order valence-electron chi connectivity index (χ3n) is 4.69. The van der Waals surface area contributed by atoms with Gasteiger partial charge in [-0.05, 0) is 24.6 Å². The van der Waals surface area contributed by atoms with Crippen LogP contribution in [-0.4, -0.2) is 69.9 Å².